The van der Waals surface area contributed by atoms with Crippen molar-refractivity contribution in [2.45, 2.75) is 76.2 Å². The van der Waals surface area contributed by atoms with Crippen LogP contribution in [-0.2, 0) is 16.8 Å². The third kappa shape index (κ3) is 4.95. The van der Waals surface area contributed by atoms with Gasteiger partial charge in [0.1, 0.15) is 0 Å². The van der Waals surface area contributed by atoms with Crippen LogP contribution in [0.1, 0.15) is 79.7 Å². The summed E-state index contributed by atoms with van der Waals surface area (Å²) in [5.41, 5.74) is 5.98. The maximum Gasteiger partial charge on any atom is 0.304 e. The summed E-state index contributed by atoms with van der Waals surface area (Å²) in [4.78, 5) is 16.0. The maximum atomic E-state index is 11.3. The molecule has 190 valence electrons. The zero-order chi connectivity index (χ0) is 25.4. The van der Waals surface area contributed by atoms with Crippen LogP contribution in [-0.4, -0.2) is 31.0 Å². The number of aliphatic carboxylic acids is 1. The number of carboxylic acid groups (broad SMARTS) is 1. The van der Waals surface area contributed by atoms with E-state index in [1.165, 1.54) is 37.7 Å². The Hall–Kier alpha value is -3.74. The molecule has 2 aromatic heterocycles. The summed E-state index contributed by atoms with van der Waals surface area (Å²) in [5, 5.41) is 18.3. The van der Waals surface area contributed by atoms with Crippen LogP contribution in [0, 0.1) is 6.92 Å². The van der Waals surface area contributed by atoms with E-state index in [0.717, 1.165) is 35.2 Å². The molecule has 0 saturated heterocycles. The van der Waals surface area contributed by atoms with Crippen molar-refractivity contribution in [3.8, 4) is 23.0 Å². The van der Waals surface area contributed by atoms with E-state index in [0.29, 0.717) is 29.9 Å². The summed E-state index contributed by atoms with van der Waals surface area (Å²) in [6.07, 6.45) is 8.60. The molecule has 1 N–H and O–H groups in total. The Morgan fingerprint density at radius 2 is 1.86 bits per heavy atom. The first kappa shape index (κ1) is 23.6. The van der Waals surface area contributed by atoms with Gasteiger partial charge in [-0.05, 0) is 61.3 Å². The number of rotatable bonds is 8. The fourth-order valence-corrected chi connectivity index (χ4v) is 5.74. The molecule has 0 bridgehead atoms. The molecule has 2 saturated carbocycles. The fraction of sp³-hybridized carbons (Fsp3) is 0.400. The van der Waals surface area contributed by atoms with Crippen LogP contribution in [0.25, 0.3) is 23.0 Å². The molecule has 0 radical (unpaired) electrons. The van der Waals surface area contributed by atoms with Gasteiger partial charge in [0.25, 0.3) is 5.89 Å². The van der Waals surface area contributed by atoms with Crippen LogP contribution in [0.3, 0.4) is 0 Å². The van der Waals surface area contributed by atoms with Crippen LogP contribution in [0.5, 0.6) is 0 Å². The lowest BCUT2D eigenvalue weighted by molar-refractivity contribution is -0.137. The average Bonchev–Trinajstić information content (AvgIpc) is 3.35. The third-order valence-corrected chi connectivity index (χ3v) is 8.09. The van der Waals surface area contributed by atoms with Crippen molar-refractivity contribution >= 4 is 5.97 Å². The van der Waals surface area contributed by atoms with Gasteiger partial charge in [0.2, 0.25) is 5.82 Å². The molecule has 0 aliphatic heterocycles. The lowest BCUT2D eigenvalue weighted by atomic mass is 9.84. The van der Waals surface area contributed by atoms with Gasteiger partial charge in [-0.25, -0.2) is 0 Å². The lowest BCUT2D eigenvalue weighted by Gasteiger charge is -2.21. The number of nitrogens with zero attached hydrogens (tertiary/aromatic N) is 4. The molecule has 6 rings (SSSR count). The number of hydrogen-bond acceptors (Lipinski definition) is 5. The summed E-state index contributed by atoms with van der Waals surface area (Å²) >= 11 is 0. The SMILES string of the molecule is Cc1cc(-c2nc(-c3ccc(C4CCCCC4)cc3)no2)nn1Cc1cccc(C2(CC(=O)O)CC2)c1. The lowest BCUT2D eigenvalue weighted by Crippen LogP contribution is -2.13. The predicted octanol–water partition coefficient (Wildman–Crippen LogP) is 6.51. The first-order valence-electron chi connectivity index (χ1n) is 13.3. The molecule has 0 unspecified atom stereocenters. The number of benzene rings is 2. The van der Waals surface area contributed by atoms with Gasteiger partial charge in [0, 0.05) is 16.7 Å². The Morgan fingerprint density at radius 3 is 2.59 bits per heavy atom. The van der Waals surface area contributed by atoms with E-state index in [2.05, 4.69) is 46.5 Å². The van der Waals surface area contributed by atoms with Gasteiger partial charge in [-0.2, -0.15) is 10.1 Å². The molecule has 0 amide bonds. The molecule has 2 fully saturated rings. The molecular weight excluding hydrogens is 464 g/mol. The molecule has 0 atom stereocenters. The Morgan fingerprint density at radius 1 is 1.08 bits per heavy atom. The van der Waals surface area contributed by atoms with E-state index in [4.69, 9.17) is 9.62 Å². The number of aryl methyl sites for hydroxylation is 1. The topological polar surface area (TPSA) is 94.0 Å². The van der Waals surface area contributed by atoms with Crippen molar-refractivity contribution in [2.24, 2.45) is 0 Å². The third-order valence-electron chi connectivity index (χ3n) is 8.09. The molecule has 0 spiro atoms. The van der Waals surface area contributed by atoms with Crippen LogP contribution in [0.15, 0.2) is 59.1 Å². The zero-order valence-electron chi connectivity index (χ0n) is 21.2. The van der Waals surface area contributed by atoms with E-state index >= 15 is 0 Å². The monoisotopic (exact) mass is 496 g/mol. The highest BCUT2D eigenvalue weighted by Gasteiger charge is 2.45. The van der Waals surface area contributed by atoms with E-state index < -0.39 is 5.97 Å². The summed E-state index contributed by atoms with van der Waals surface area (Å²) in [6.45, 7) is 2.60. The van der Waals surface area contributed by atoms with Crippen molar-refractivity contribution < 1.29 is 14.4 Å². The number of carbonyl (C=O) groups is 1. The summed E-state index contributed by atoms with van der Waals surface area (Å²) in [7, 11) is 0. The standard InChI is InChI=1S/C30H32N4O3/c1-20-16-26(32-34(20)19-21-6-5-9-25(17-21)30(14-15-30)18-27(35)36)29-31-28(33-37-29)24-12-10-23(11-13-24)22-7-3-2-4-8-22/h5-6,9-13,16-17,22H,2-4,7-8,14-15,18-19H2,1H3,(H,35,36). The molecule has 2 aromatic carbocycles. The Labute approximate surface area is 216 Å². The van der Waals surface area contributed by atoms with Crippen LogP contribution >= 0.6 is 0 Å². The highest BCUT2D eigenvalue weighted by atomic mass is 16.5. The molecular formula is C30H32N4O3. The van der Waals surface area contributed by atoms with Crippen molar-refractivity contribution in [1.29, 1.82) is 0 Å². The second kappa shape index (κ2) is 9.61. The van der Waals surface area contributed by atoms with Crippen LogP contribution in [0.4, 0.5) is 0 Å². The minimum absolute atomic E-state index is 0.185. The van der Waals surface area contributed by atoms with Crippen molar-refractivity contribution in [2.75, 3.05) is 0 Å². The molecule has 37 heavy (non-hydrogen) atoms. The zero-order valence-corrected chi connectivity index (χ0v) is 21.2. The molecule has 7 nitrogen and oxygen atoms in total. The predicted molar refractivity (Wildman–Crippen MR) is 140 cm³/mol. The summed E-state index contributed by atoms with van der Waals surface area (Å²) in [6, 6.07) is 18.8. The first-order valence-corrected chi connectivity index (χ1v) is 13.3. The van der Waals surface area contributed by atoms with Gasteiger partial charge in [0.15, 0.2) is 5.69 Å². The largest absolute Gasteiger partial charge is 0.481 e. The molecule has 2 aliphatic rings. The van der Waals surface area contributed by atoms with Gasteiger partial charge < -0.3 is 9.63 Å². The smallest absolute Gasteiger partial charge is 0.304 e. The normalized spacial score (nSPS) is 17.1. The first-order chi connectivity index (χ1) is 18.0. The Bertz CT molecular complexity index is 1410. The number of aromatic nitrogens is 4. The van der Waals surface area contributed by atoms with Crippen molar-refractivity contribution in [3.63, 3.8) is 0 Å². The number of carboxylic acids is 1. The maximum absolute atomic E-state index is 11.3. The quantitative estimate of drug-likeness (QED) is 0.299. The Kier molecular flexibility index (Phi) is 6.14. The minimum atomic E-state index is -0.741. The minimum Gasteiger partial charge on any atom is -0.481 e. The molecule has 4 aromatic rings. The molecule has 7 heteroatoms. The number of hydrogen-bond donors (Lipinski definition) is 1. The Balaban J connectivity index is 1.17. The van der Waals surface area contributed by atoms with Gasteiger partial charge >= 0.3 is 5.97 Å². The fourth-order valence-electron chi connectivity index (χ4n) is 5.74. The van der Waals surface area contributed by atoms with Gasteiger partial charge in [-0.15, -0.1) is 0 Å². The van der Waals surface area contributed by atoms with E-state index in [1.807, 2.05) is 29.8 Å². The van der Waals surface area contributed by atoms with E-state index in [9.17, 15) is 9.90 Å². The molecule has 2 aliphatic carbocycles. The van der Waals surface area contributed by atoms with Gasteiger partial charge in [0.05, 0.1) is 13.0 Å². The summed E-state index contributed by atoms with van der Waals surface area (Å²) < 4.78 is 7.51. The van der Waals surface area contributed by atoms with Crippen molar-refractivity contribution in [1.82, 2.24) is 19.9 Å². The van der Waals surface area contributed by atoms with E-state index in [-0.39, 0.29) is 11.8 Å². The highest BCUT2D eigenvalue weighted by Crippen LogP contribution is 2.51. The van der Waals surface area contributed by atoms with Crippen LogP contribution < -0.4 is 0 Å². The van der Waals surface area contributed by atoms with Gasteiger partial charge in [-0.3, -0.25) is 9.48 Å². The highest BCUT2D eigenvalue weighted by molar-refractivity contribution is 5.70. The summed E-state index contributed by atoms with van der Waals surface area (Å²) in [5.74, 6) is 0.899. The second-order valence-electron chi connectivity index (χ2n) is 10.8. The van der Waals surface area contributed by atoms with Gasteiger partial charge in [-0.1, -0.05) is 73.0 Å². The van der Waals surface area contributed by atoms with Crippen LogP contribution in [0.2, 0.25) is 0 Å². The second-order valence-corrected chi connectivity index (χ2v) is 10.8. The van der Waals surface area contributed by atoms with E-state index in [1.54, 1.807) is 0 Å². The van der Waals surface area contributed by atoms with Crippen molar-refractivity contribution in [3.05, 3.63) is 77.0 Å². The molecule has 2 heterocycles. The average molecular weight is 497 g/mol.